The van der Waals surface area contributed by atoms with Gasteiger partial charge in [0.15, 0.2) is 5.82 Å². The van der Waals surface area contributed by atoms with Crippen LogP contribution in [0.15, 0.2) is 67.0 Å². The minimum atomic E-state index is -0.269. The number of esters is 1. The molecule has 40 heavy (non-hydrogen) atoms. The molecule has 12 heteroatoms. The van der Waals surface area contributed by atoms with Crippen molar-refractivity contribution in [2.24, 2.45) is 0 Å². The first-order chi connectivity index (χ1) is 19.6. The van der Waals surface area contributed by atoms with Gasteiger partial charge in [0.05, 0.1) is 7.11 Å². The van der Waals surface area contributed by atoms with E-state index in [4.69, 9.17) is 4.74 Å². The van der Waals surface area contributed by atoms with E-state index in [0.717, 1.165) is 43.2 Å². The van der Waals surface area contributed by atoms with Gasteiger partial charge in [-0.05, 0) is 55.5 Å². The number of carbonyl (C=O) groups is 1. The van der Waals surface area contributed by atoms with Crippen molar-refractivity contribution >= 4 is 34.9 Å². The van der Waals surface area contributed by atoms with Crippen molar-refractivity contribution in [3.8, 4) is 11.5 Å². The number of pyridine rings is 1. The van der Waals surface area contributed by atoms with E-state index in [1.807, 2.05) is 49.4 Å². The quantitative estimate of drug-likeness (QED) is 0.220. The number of hydrogen-bond acceptors (Lipinski definition) is 12. The summed E-state index contributed by atoms with van der Waals surface area (Å²) in [7, 11) is 1.42. The summed E-state index contributed by atoms with van der Waals surface area (Å²) in [5.74, 6) is 1.98. The molecule has 0 saturated carbocycles. The van der Waals surface area contributed by atoms with Crippen LogP contribution in [0.4, 0.5) is 29.0 Å². The van der Waals surface area contributed by atoms with Crippen LogP contribution >= 0.6 is 0 Å². The Balaban J connectivity index is 1.13. The molecule has 1 aliphatic heterocycles. The summed E-state index contributed by atoms with van der Waals surface area (Å²) in [5, 5.41) is 13.1. The number of piperazine rings is 1. The number of benzene rings is 1. The van der Waals surface area contributed by atoms with E-state index in [2.05, 4.69) is 51.1 Å². The lowest BCUT2D eigenvalue weighted by molar-refractivity contribution is -0.144. The molecule has 0 amide bonds. The maximum absolute atomic E-state index is 11.8. The van der Waals surface area contributed by atoms with E-state index in [1.165, 1.54) is 7.11 Å². The molecule has 1 fully saturated rings. The van der Waals surface area contributed by atoms with Gasteiger partial charge in [0.2, 0.25) is 5.95 Å². The monoisotopic (exact) mass is 540 g/mol. The molecule has 0 spiro atoms. The Bertz CT molecular complexity index is 1430. The van der Waals surface area contributed by atoms with E-state index < -0.39 is 0 Å². The Kier molecular flexibility index (Phi) is 8.69. The molecule has 12 nitrogen and oxygen atoms in total. The number of aromatic nitrogens is 5. The molecule has 0 bridgehead atoms. The highest BCUT2D eigenvalue weighted by atomic mass is 16.5. The molecule has 1 aromatic carbocycles. The molecule has 4 heterocycles. The van der Waals surface area contributed by atoms with Crippen molar-refractivity contribution in [2.75, 3.05) is 55.8 Å². The highest BCUT2D eigenvalue weighted by Crippen LogP contribution is 2.20. The first kappa shape index (κ1) is 26.9. The van der Waals surface area contributed by atoms with Gasteiger partial charge in [-0.25, -0.2) is 19.9 Å². The van der Waals surface area contributed by atoms with Crippen LogP contribution < -0.4 is 21.3 Å². The van der Waals surface area contributed by atoms with Gasteiger partial charge in [-0.15, -0.1) is 0 Å². The van der Waals surface area contributed by atoms with Crippen molar-refractivity contribution in [2.45, 2.75) is 13.0 Å². The van der Waals surface area contributed by atoms with Crippen LogP contribution in [-0.2, 0) is 9.53 Å². The summed E-state index contributed by atoms with van der Waals surface area (Å²) in [6.45, 7) is 5.84. The number of nitrogens with one attached hydrogen (secondary N) is 4. The Morgan fingerprint density at radius 2 is 1.75 bits per heavy atom. The maximum Gasteiger partial charge on any atom is 0.324 e. The average Bonchev–Trinajstić information content (AvgIpc) is 2.98. The number of ether oxygens (including phenoxy) is 1. The summed E-state index contributed by atoms with van der Waals surface area (Å²) in [6.07, 6.45) is 3.37. The number of anilines is 5. The lowest BCUT2D eigenvalue weighted by Crippen LogP contribution is -2.55. The molecule has 0 radical (unpaired) electrons. The smallest absolute Gasteiger partial charge is 0.324 e. The van der Waals surface area contributed by atoms with E-state index >= 15 is 0 Å². The van der Waals surface area contributed by atoms with E-state index in [-0.39, 0.29) is 12.0 Å². The molecule has 5 rings (SSSR count). The van der Waals surface area contributed by atoms with Crippen LogP contribution in [-0.4, -0.2) is 81.7 Å². The lowest BCUT2D eigenvalue weighted by atomic mass is 10.2. The van der Waals surface area contributed by atoms with Gasteiger partial charge in [-0.2, -0.15) is 4.98 Å². The Morgan fingerprint density at radius 3 is 2.55 bits per heavy atom. The van der Waals surface area contributed by atoms with Crippen molar-refractivity contribution in [1.82, 2.24) is 35.1 Å². The van der Waals surface area contributed by atoms with Crippen molar-refractivity contribution < 1.29 is 9.53 Å². The van der Waals surface area contributed by atoms with E-state index in [0.29, 0.717) is 35.6 Å². The normalized spacial score (nSPS) is 15.3. The van der Waals surface area contributed by atoms with E-state index in [1.54, 1.807) is 24.5 Å². The summed E-state index contributed by atoms with van der Waals surface area (Å²) < 4.78 is 4.85. The number of aryl methyl sites for hydroxylation is 1. The fraction of sp³-hybridized carbons (Fsp3) is 0.286. The third kappa shape index (κ3) is 7.24. The minimum Gasteiger partial charge on any atom is -0.468 e. The van der Waals surface area contributed by atoms with Crippen molar-refractivity contribution in [3.05, 3.63) is 72.7 Å². The summed E-state index contributed by atoms with van der Waals surface area (Å²) in [5.41, 5.74) is 3.48. The molecular formula is C28H32N10O2. The van der Waals surface area contributed by atoms with Crippen LogP contribution in [0.5, 0.6) is 0 Å². The van der Waals surface area contributed by atoms with Crippen molar-refractivity contribution in [1.29, 1.82) is 0 Å². The molecule has 4 N–H and O–H groups in total. The summed E-state index contributed by atoms with van der Waals surface area (Å²) in [4.78, 5) is 36.3. The van der Waals surface area contributed by atoms with Gasteiger partial charge in [-0.1, -0.05) is 6.07 Å². The molecule has 206 valence electrons. The predicted molar refractivity (Wildman–Crippen MR) is 154 cm³/mol. The van der Waals surface area contributed by atoms with E-state index in [9.17, 15) is 4.79 Å². The Morgan fingerprint density at radius 1 is 0.975 bits per heavy atom. The number of hydrogen-bond donors (Lipinski definition) is 4. The molecule has 3 aromatic heterocycles. The molecular weight excluding hydrogens is 508 g/mol. The second-order valence-corrected chi connectivity index (χ2v) is 9.28. The predicted octanol–water partition coefficient (Wildman–Crippen LogP) is 2.98. The number of nitrogens with zero attached hydrogens (tertiary/aromatic N) is 6. The molecule has 4 aromatic rings. The third-order valence-electron chi connectivity index (χ3n) is 6.33. The Hall–Kier alpha value is -4.68. The molecule has 1 atom stereocenters. The highest BCUT2D eigenvalue weighted by molar-refractivity contribution is 5.76. The summed E-state index contributed by atoms with van der Waals surface area (Å²) >= 11 is 0. The van der Waals surface area contributed by atoms with Gasteiger partial charge in [0.25, 0.3) is 0 Å². The SMILES string of the molecule is COC(=O)C1CN(CCNc2ccc(Nc3nccc(Nc4ccnc(-c5cccc(C)n5)n4)n3)cc2)CCN1. The van der Waals surface area contributed by atoms with Crippen LogP contribution in [0.1, 0.15) is 5.69 Å². The largest absolute Gasteiger partial charge is 0.468 e. The fourth-order valence-electron chi connectivity index (χ4n) is 4.31. The van der Waals surface area contributed by atoms with Crippen molar-refractivity contribution in [3.63, 3.8) is 0 Å². The standard InChI is InChI=1S/C28H32N10O2/c1-19-4-3-5-22(33-19)26-31-12-10-24(36-26)35-25-11-13-32-28(37-25)34-21-8-6-20(7-9-21)29-14-16-38-17-15-30-23(18-38)27(39)40-2/h3-13,23,29-30H,14-18H2,1-2H3,(H2,31,32,34,35,36,37). The number of methoxy groups -OCH3 is 1. The fourth-order valence-corrected chi connectivity index (χ4v) is 4.31. The zero-order valence-corrected chi connectivity index (χ0v) is 22.5. The molecule has 1 aliphatic rings. The van der Waals surface area contributed by atoms with Crippen LogP contribution in [0.25, 0.3) is 11.5 Å². The van der Waals surface area contributed by atoms with Gasteiger partial charge >= 0.3 is 5.97 Å². The van der Waals surface area contributed by atoms with Crippen LogP contribution in [0, 0.1) is 6.92 Å². The minimum absolute atomic E-state index is 0.218. The average molecular weight is 541 g/mol. The maximum atomic E-state index is 11.8. The van der Waals surface area contributed by atoms with Crippen LogP contribution in [0.2, 0.25) is 0 Å². The molecule has 0 aliphatic carbocycles. The zero-order valence-electron chi connectivity index (χ0n) is 22.5. The molecule has 1 saturated heterocycles. The topological polar surface area (TPSA) is 142 Å². The number of carbonyl (C=O) groups excluding carboxylic acids is 1. The Labute approximate surface area is 232 Å². The van der Waals surface area contributed by atoms with Gasteiger partial charge in [0.1, 0.15) is 23.4 Å². The van der Waals surface area contributed by atoms with Gasteiger partial charge < -0.3 is 26.0 Å². The van der Waals surface area contributed by atoms with Gasteiger partial charge in [0, 0.05) is 62.2 Å². The molecule has 1 unspecified atom stereocenters. The first-order valence-electron chi connectivity index (χ1n) is 13.1. The first-order valence-corrected chi connectivity index (χ1v) is 13.1. The lowest BCUT2D eigenvalue weighted by Gasteiger charge is -2.32. The zero-order chi connectivity index (χ0) is 27.7. The second-order valence-electron chi connectivity index (χ2n) is 9.28. The van der Waals surface area contributed by atoms with Gasteiger partial charge in [-0.3, -0.25) is 9.69 Å². The second kappa shape index (κ2) is 12.9. The van der Waals surface area contributed by atoms with Crippen LogP contribution in [0.3, 0.4) is 0 Å². The summed E-state index contributed by atoms with van der Waals surface area (Å²) in [6, 6.07) is 17.0. The third-order valence-corrected chi connectivity index (χ3v) is 6.33. The highest BCUT2D eigenvalue weighted by Gasteiger charge is 2.25. The number of rotatable bonds is 10.